The van der Waals surface area contributed by atoms with Crippen molar-refractivity contribution in [3.8, 4) is 5.75 Å². The molecule has 0 saturated carbocycles. The molecule has 6 nitrogen and oxygen atoms in total. The number of amides is 1. The molecule has 0 aliphatic carbocycles. The largest absolute Gasteiger partial charge is 0.480 e. The second-order valence-electron chi connectivity index (χ2n) is 4.18. The van der Waals surface area contributed by atoms with Gasteiger partial charge in [0.2, 0.25) is 0 Å². The first kappa shape index (κ1) is 13.4. The Labute approximate surface area is 111 Å². The number of nitrogens with zero attached hydrogens (tertiary/aromatic N) is 2. The monoisotopic (exact) mass is 262 g/mol. The van der Waals surface area contributed by atoms with Crippen LogP contribution in [-0.2, 0) is 11.3 Å². The van der Waals surface area contributed by atoms with Crippen molar-refractivity contribution in [2.45, 2.75) is 19.9 Å². The lowest BCUT2D eigenvalue weighted by molar-refractivity contribution is -0.123. The van der Waals surface area contributed by atoms with Crippen LogP contribution in [-0.4, -0.2) is 28.4 Å². The van der Waals surface area contributed by atoms with Crippen molar-refractivity contribution < 1.29 is 9.53 Å². The van der Waals surface area contributed by atoms with Gasteiger partial charge in [0.1, 0.15) is 0 Å². The van der Waals surface area contributed by atoms with Crippen molar-refractivity contribution in [2.75, 3.05) is 13.2 Å². The predicted octanol–water partition coefficient (Wildman–Crippen LogP) is 0.698. The van der Waals surface area contributed by atoms with Crippen molar-refractivity contribution in [3.05, 3.63) is 30.2 Å². The number of pyridine rings is 1. The van der Waals surface area contributed by atoms with Crippen LogP contribution in [0.4, 0.5) is 0 Å². The minimum atomic E-state index is -0.130. The van der Waals surface area contributed by atoms with E-state index in [1.807, 2.05) is 29.8 Å². The lowest BCUT2D eigenvalue weighted by atomic mass is 10.4. The molecule has 3 N–H and O–H groups in total. The number of fused-ring (bicyclic) bond motifs is 1. The van der Waals surface area contributed by atoms with Gasteiger partial charge >= 0.3 is 0 Å². The molecule has 19 heavy (non-hydrogen) atoms. The van der Waals surface area contributed by atoms with Crippen LogP contribution >= 0.6 is 0 Å². The van der Waals surface area contributed by atoms with Crippen molar-refractivity contribution in [2.24, 2.45) is 5.73 Å². The van der Waals surface area contributed by atoms with Crippen LogP contribution in [0.3, 0.4) is 0 Å². The summed E-state index contributed by atoms with van der Waals surface area (Å²) in [6.45, 7) is 3.02. The summed E-state index contributed by atoms with van der Waals surface area (Å²) in [7, 11) is 0. The molecule has 2 aromatic heterocycles. The molecule has 2 heterocycles. The zero-order chi connectivity index (χ0) is 13.7. The van der Waals surface area contributed by atoms with Gasteiger partial charge in [-0.05, 0) is 18.6 Å². The zero-order valence-corrected chi connectivity index (χ0v) is 10.9. The summed E-state index contributed by atoms with van der Waals surface area (Å²) >= 11 is 0. The third-order valence-corrected chi connectivity index (χ3v) is 2.64. The molecule has 0 bridgehead atoms. The summed E-state index contributed by atoms with van der Waals surface area (Å²) in [6, 6.07) is 3.63. The summed E-state index contributed by atoms with van der Waals surface area (Å²) in [6.07, 6.45) is 4.62. The summed E-state index contributed by atoms with van der Waals surface area (Å²) in [5.41, 5.74) is 7.02. The summed E-state index contributed by atoms with van der Waals surface area (Å²) in [5, 5.41) is 2.76. The van der Waals surface area contributed by atoms with Gasteiger partial charge in [-0.3, -0.25) is 4.79 Å². The molecular formula is C13H18N4O2. The van der Waals surface area contributed by atoms with Crippen LogP contribution in [0.2, 0.25) is 0 Å². The van der Waals surface area contributed by atoms with Crippen LogP contribution in [0.5, 0.6) is 5.75 Å². The first-order chi connectivity index (χ1) is 9.24. The van der Waals surface area contributed by atoms with E-state index in [1.165, 1.54) is 0 Å². The lowest BCUT2D eigenvalue weighted by Crippen LogP contribution is -2.29. The Morgan fingerprint density at radius 2 is 2.42 bits per heavy atom. The Morgan fingerprint density at radius 1 is 1.58 bits per heavy atom. The first-order valence-corrected chi connectivity index (χ1v) is 6.30. The zero-order valence-electron chi connectivity index (χ0n) is 10.9. The fourth-order valence-corrected chi connectivity index (χ4v) is 1.71. The maximum Gasteiger partial charge on any atom is 0.257 e. The molecular weight excluding hydrogens is 244 g/mol. The summed E-state index contributed by atoms with van der Waals surface area (Å²) in [4.78, 5) is 15.8. The average Bonchev–Trinajstić information content (AvgIpc) is 2.86. The number of aromatic nitrogens is 2. The van der Waals surface area contributed by atoms with Crippen molar-refractivity contribution >= 4 is 11.6 Å². The van der Waals surface area contributed by atoms with Crippen molar-refractivity contribution in [3.63, 3.8) is 0 Å². The number of hydrogen-bond acceptors (Lipinski definition) is 4. The van der Waals surface area contributed by atoms with E-state index in [9.17, 15) is 4.79 Å². The van der Waals surface area contributed by atoms with Crippen LogP contribution < -0.4 is 15.8 Å². The predicted molar refractivity (Wildman–Crippen MR) is 71.9 cm³/mol. The fraction of sp³-hybridized carbons (Fsp3) is 0.385. The summed E-state index contributed by atoms with van der Waals surface area (Å²) in [5.74, 6) is 0.448. The molecule has 0 saturated heterocycles. The Balaban J connectivity index is 2.07. The van der Waals surface area contributed by atoms with Gasteiger partial charge in [0, 0.05) is 25.5 Å². The van der Waals surface area contributed by atoms with Gasteiger partial charge in [0.15, 0.2) is 18.0 Å². The maximum absolute atomic E-state index is 11.5. The van der Waals surface area contributed by atoms with Gasteiger partial charge in [0.25, 0.3) is 5.91 Å². The van der Waals surface area contributed by atoms with Crippen molar-refractivity contribution in [1.82, 2.24) is 14.7 Å². The quantitative estimate of drug-likeness (QED) is 0.803. The molecule has 102 valence electrons. The van der Waals surface area contributed by atoms with Crippen LogP contribution in [0.15, 0.2) is 24.5 Å². The SMILES string of the molecule is CCCNC(=O)COc1cccn2cc(CN)nc12. The van der Waals surface area contributed by atoms with Crippen LogP contribution in [0.1, 0.15) is 19.0 Å². The molecule has 0 fully saturated rings. The third-order valence-electron chi connectivity index (χ3n) is 2.64. The second-order valence-corrected chi connectivity index (χ2v) is 4.18. The van der Waals surface area contributed by atoms with Gasteiger partial charge in [-0.15, -0.1) is 0 Å². The van der Waals surface area contributed by atoms with Gasteiger partial charge in [-0.25, -0.2) is 4.98 Å². The maximum atomic E-state index is 11.5. The molecule has 0 spiro atoms. The Bertz CT molecular complexity index is 565. The fourth-order valence-electron chi connectivity index (χ4n) is 1.71. The number of hydrogen-bond donors (Lipinski definition) is 2. The highest BCUT2D eigenvalue weighted by molar-refractivity contribution is 5.77. The highest BCUT2D eigenvalue weighted by Crippen LogP contribution is 2.18. The van der Waals surface area contributed by atoms with E-state index < -0.39 is 0 Å². The average molecular weight is 262 g/mol. The number of carbonyl (C=O) groups excluding carboxylic acids is 1. The smallest absolute Gasteiger partial charge is 0.257 e. The van der Waals surface area contributed by atoms with E-state index in [0.29, 0.717) is 24.5 Å². The van der Waals surface area contributed by atoms with E-state index in [0.717, 1.165) is 12.1 Å². The van der Waals surface area contributed by atoms with Gasteiger partial charge < -0.3 is 20.2 Å². The van der Waals surface area contributed by atoms with Gasteiger partial charge in [0.05, 0.1) is 5.69 Å². The number of ether oxygens (including phenoxy) is 1. The van der Waals surface area contributed by atoms with E-state index in [4.69, 9.17) is 10.5 Å². The van der Waals surface area contributed by atoms with E-state index in [-0.39, 0.29) is 12.5 Å². The lowest BCUT2D eigenvalue weighted by Gasteiger charge is -2.07. The Hall–Kier alpha value is -2.08. The van der Waals surface area contributed by atoms with Gasteiger partial charge in [-0.2, -0.15) is 0 Å². The molecule has 0 radical (unpaired) electrons. The highest BCUT2D eigenvalue weighted by atomic mass is 16.5. The molecule has 0 aliphatic rings. The third kappa shape index (κ3) is 3.23. The van der Waals surface area contributed by atoms with E-state index in [1.54, 1.807) is 6.07 Å². The molecule has 0 atom stereocenters. The molecule has 2 rings (SSSR count). The molecule has 6 heteroatoms. The Morgan fingerprint density at radius 3 is 3.16 bits per heavy atom. The van der Waals surface area contributed by atoms with Gasteiger partial charge in [-0.1, -0.05) is 6.92 Å². The number of nitrogens with two attached hydrogens (primary N) is 1. The minimum absolute atomic E-state index is 0.00943. The normalized spacial score (nSPS) is 10.6. The number of imidazole rings is 1. The second kappa shape index (κ2) is 6.19. The topological polar surface area (TPSA) is 81.6 Å². The minimum Gasteiger partial charge on any atom is -0.480 e. The van der Waals surface area contributed by atoms with Crippen LogP contribution in [0.25, 0.3) is 5.65 Å². The Kier molecular flexibility index (Phi) is 4.35. The molecule has 0 aliphatic heterocycles. The molecule has 2 aromatic rings. The number of rotatable bonds is 6. The molecule has 0 aromatic carbocycles. The first-order valence-electron chi connectivity index (χ1n) is 6.30. The van der Waals surface area contributed by atoms with E-state index in [2.05, 4.69) is 10.3 Å². The van der Waals surface area contributed by atoms with E-state index >= 15 is 0 Å². The van der Waals surface area contributed by atoms with Crippen LogP contribution in [0, 0.1) is 0 Å². The molecule has 1 amide bonds. The standard InChI is InChI=1S/C13H18N4O2/c1-2-5-15-12(18)9-19-11-4-3-6-17-8-10(7-14)16-13(11)17/h3-4,6,8H,2,5,7,9,14H2,1H3,(H,15,18). The number of carbonyl (C=O) groups is 1. The number of nitrogens with one attached hydrogen (secondary N) is 1. The van der Waals surface area contributed by atoms with Crippen molar-refractivity contribution in [1.29, 1.82) is 0 Å². The highest BCUT2D eigenvalue weighted by Gasteiger charge is 2.08. The molecule has 0 unspecified atom stereocenters. The summed E-state index contributed by atoms with van der Waals surface area (Å²) < 4.78 is 7.33.